The normalized spacial score (nSPS) is 17.7. The number of carbonyl (C=O) groups is 3. The molecule has 2 heterocycles. The van der Waals surface area contributed by atoms with Gasteiger partial charge >= 0.3 is 13.1 Å². The first-order valence-electron chi connectivity index (χ1n) is 12.1. The topological polar surface area (TPSA) is 131 Å². The molecule has 0 aromatic heterocycles. The van der Waals surface area contributed by atoms with Crippen LogP contribution in [-0.4, -0.2) is 96.2 Å². The summed E-state index contributed by atoms with van der Waals surface area (Å²) in [5.41, 5.74) is 1.12. The quantitative estimate of drug-likeness (QED) is 0.351. The Morgan fingerprint density at radius 1 is 0.971 bits per heavy atom. The number of carbonyl (C=O) groups excluding carboxylic acids is 3. The third-order valence-electron chi connectivity index (χ3n) is 6.26. The van der Waals surface area contributed by atoms with Crippen molar-refractivity contribution in [3.05, 3.63) is 35.9 Å². The second kappa shape index (κ2) is 13.3. The largest absolute Gasteiger partial charge is 0.475 e. The lowest BCUT2D eigenvalue weighted by molar-refractivity contribution is -0.138. The first kappa shape index (κ1) is 26.0. The fraction of sp³-hybridized carbons (Fsp3) is 0.609. The molecular weight excluding hydrogens is 439 g/mol. The highest BCUT2D eigenvalue weighted by atomic mass is 16.5. The van der Waals surface area contributed by atoms with E-state index in [0.29, 0.717) is 52.2 Å². The summed E-state index contributed by atoms with van der Waals surface area (Å²) >= 11 is 0. The van der Waals surface area contributed by atoms with Crippen molar-refractivity contribution in [1.82, 2.24) is 20.4 Å². The van der Waals surface area contributed by atoms with Crippen LogP contribution in [0.3, 0.4) is 0 Å². The Bertz CT molecular complexity index is 800. The van der Waals surface area contributed by atoms with Gasteiger partial charge in [0.1, 0.15) is 6.04 Å². The van der Waals surface area contributed by atoms with E-state index in [2.05, 4.69) is 10.6 Å². The van der Waals surface area contributed by atoms with Gasteiger partial charge in [-0.3, -0.25) is 9.59 Å². The van der Waals surface area contributed by atoms with Gasteiger partial charge in [0.25, 0.3) is 0 Å². The molecule has 186 valence electrons. The monoisotopic (exact) mass is 474 g/mol. The molecule has 0 spiro atoms. The Morgan fingerprint density at radius 3 is 2.29 bits per heavy atom. The summed E-state index contributed by atoms with van der Waals surface area (Å²) in [4.78, 5) is 41.8. The average molecular weight is 474 g/mol. The van der Waals surface area contributed by atoms with Gasteiger partial charge in [-0.05, 0) is 37.7 Å². The standard InChI is InChI=1S/C23H35BN4O6/c29-21(27-13-15-34-16-14-27)17-19(25-23(31)28-11-4-5-12-28)22(30)26-20(24(32)33)10-6-9-18-7-2-1-3-8-18/h1-3,7-8,19-20,32-33H,4-6,9-17H2,(H,25,31)(H,26,30). The van der Waals surface area contributed by atoms with Crippen molar-refractivity contribution < 1.29 is 29.2 Å². The number of amides is 4. The summed E-state index contributed by atoms with van der Waals surface area (Å²) in [7, 11) is -1.76. The summed E-state index contributed by atoms with van der Waals surface area (Å²) in [6.07, 6.45) is 3.29. The number of rotatable bonds is 10. The molecule has 1 aromatic carbocycles. The Labute approximate surface area is 200 Å². The van der Waals surface area contributed by atoms with E-state index in [1.54, 1.807) is 9.80 Å². The van der Waals surface area contributed by atoms with Crippen LogP contribution >= 0.6 is 0 Å². The maximum absolute atomic E-state index is 13.1. The molecule has 0 bridgehead atoms. The summed E-state index contributed by atoms with van der Waals surface area (Å²) in [6, 6.07) is 8.28. The van der Waals surface area contributed by atoms with Crippen molar-refractivity contribution in [1.29, 1.82) is 0 Å². The molecule has 2 saturated heterocycles. The molecule has 11 heteroatoms. The molecule has 0 aliphatic carbocycles. The summed E-state index contributed by atoms with van der Waals surface area (Å²) < 4.78 is 5.28. The number of benzene rings is 1. The zero-order chi connectivity index (χ0) is 24.3. The van der Waals surface area contributed by atoms with E-state index in [4.69, 9.17) is 4.74 Å². The molecule has 2 aliphatic heterocycles. The number of hydrogen-bond donors (Lipinski definition) is 4. The van der Waals surface area contributed by atoms with Crippen LogP contribution in [0.5, 0.6) is 0 Å². The molecular formula is C23H35BN4O6. The molecule has 4 amide bonds. The van der Waals surface area contributed by atoms with E-state index in [9.17, 15) is 24.4 Å². The van der Waals surface area contributed by atoms with E-state index >= 15 is 0 Å². The second-order valence-corrected chi connectivity index (χ2v) is 8.80. The van der Waals surface area contributed by atoms with Crippen molar-refractivity contribution >= 4 is 25.0 Å². The van der Waals surface area contributed by atoms with E-state index in [0.717, 1.165) is 24.8 Å². The molecule has 2 fully saturated rings. The van der Waals surface area contributed by atoms with Gasteiger partial charge in [-0.1, -0.05) is 30.3 Å². The Hall–Kier alpha value is -2.63. The highest BCUT2D eigenvalue weighted by Crippen LogP contribution is 2.11. The molecule has 34 heavy (non-hydrogen) atoms. The zero-order valence-corrected chi connectivity index (χ0v) is 19.5. The highest BCUT2D eigenvalue weighted by molar-refractivity contribution is 6.43. The molecule has 4 N–H and O–H groups in total. The van der Waals surface area contributed by atoms with Crippen molar-refractivity contribution in [3.8, 4) is 0 Å². The summed E-state index contributed by atoms with van der Waals surface area (Å²) in [6.45, 7) is 2.95. The molecule has 2 unspecified atom stereocenters. The van der Waals surface area contributed by atoms with Crippen molar-refractivity contribution in [2.24, 2.45) is 0 Å². The van der Waals surface area contributed by atoms with E-state index in [1.807, 2.05) is 30.3 Å². The van der Waals surface area contributed by atoms with Crippen molar-refractivity contribution in [2.45, 2.75) is 50.5 Å². The number of urea groups is 1. The van der Waals surface area contributed by atoms with Crippen LogP contribution in [0.1, 0.15) is 37.7 Å². The van der Waals surface area contributed by atoms with E-state index in [1.165, 1.54) is 0 Å². The van der Waals surface area contributed by atoms with Gasteiger partial charge in [-0.2, -0.15) is 0 Å². The Morgan fingerprint density at radius 2 is 1.65 bits per heavy atom. The lowest BCUT2D eigenvalue weighted by Gasteiger charge is -2.29. The molecule has 2 atom stereocenters. The molecule has 3 rings (SSSR count). The zero-order valence-electron chi connectivity index (χ0n) is 19.5. The number of nitrogens with zero attached hydrogens (tertiary/aromatic N) is 2. The van der Waals surface area contributed by atoms with E-state index in [-0.39, 0.29) is 12.3 Å². The third-order valence-corrected chi connectivity index (χ3v) is 6.26. The Balaban J connectivity index is 1.60. The molecule has 2 aliphatic rings. The maximum Gasteiger partial charge on any atom is 0.475 e. The minimum absolute atomic E-state index is 0.205. The van der Waals surface area contributed by atoms with Crippen LogP contribution in [-0.2, 0) is 20.7 Å². The predicted molar refractivity (Wildman–Crippen MR) is 127 cm³/mol. The minimum atomic E-state index is -1.76. The number of ether oxygens (including phenoxy) is 1. The number of nitrogens with one attached hydrogen (secondary N) is 2. The first-order chi connectivity index (χ1) is 16.4. The van der Waals surface area contributed by atoms with Crippen LogP contribution in [0, 0.1) is 0 Å². The van der Waals surface area contributed by atoms with E-state index < -0.39 is 31.0 Å². The van der Waals surface area contributed by atoms with Crippen LogP contribution in [0.25, 0.3) is 0 Å². The number of hydrogen-bond acceptors (Lipinski definition) is 6. The van der Waals surface area contributed by atoms with Crippen LogP contribution < -0.4 is 10.6 Å². The minimum Gasteiger partial charge on any atom is -0.426 e. The second-order valence-electron chi connectivity index (χ2n) is 8.80. The molecule has 1 aromatic rings. The van der Waals surface area contributed by atoms with Gasteiger partial charge < -0.3 is 35.2 Å². The molecule has 0 saturated carbocycles. The lowest BCUT2D eigenvalue weighted by Crippen LogP contribution is -2.57. The van der Waals surface area contributed by atoms with Gasteiger partial charge in [0.15, 0.2) is 0 Å². The third kappa shape index (κ3) is 8.00. The van der Waals surface area contributed by atoms with Crippen LogP contribution in [0.15, 0.2) is 30.3 Å². The fourth-order valence-electron chi connectivity index (χ4n) is 4.24. The summed E-state index contributed by atoms with van der Waals surface area (Å²) in [5, 5.41) is 25.0. The SMILES string of the molecule is O=C(NC(CCCc1ccccc1)B(O)O)C(CC(=O)N1CCOCC1)NC(=O)N1CCCC1. The predicted octanol–water partition coefficient (Wildman–Crippen LogP) is -0.0710. The van der Waals surface area contributed by atoms with Crippen molar-refractivity contribution in [3.63, 3.8) is 0 Å². The number of likely N-dealkylation sites (tertiary alicyclic amines) is 1. The number of morpholine rings is 1. The highest BCUT2D eigenvalue weighted by Gasteiger charge is 2.33. The van der Waals surface area contributed by atoms with Gasteiger partial charge in [0.2, 0.25) is 11.8 Å². The first-order valence-corrected chi connectivity index (χ1v) is 12.1. The lowest BCUT2D eigenvalue weighted by atomic mass is 9.76. The summed E-state index contributed by atoms with van der Waals surface area (Å²) in [5.74, 6) is -1.77. The van der Waals surface area contributed by atoms with Gasteiger partial charge in [-0.25, -0.2) is 4.79 Å². The molecule has 0 radical (unpaired) electrons. The van der Waals surface area contributed by atoms with Gasteiger partial charge in [0, 0.05) is 26.2 Å². The number of aryl methyl sites for hydroxylation is 1. The smallest absolute Gasteiger partial charge is 0.426 e. The van der Waals surface area contributed by atoms with Crippen LogP contribution in [0.4, 0.5) is 4.79 Å². The van der Waals surface area contributed by atoms with Crippen molar-refractivity contribution in [2.75, 3.05) is 39.4 Å². The average Bonchev–Trinajstić information content (AvgIpc) is 3.39. The Kier molecular flexibility index (Phi) is 10.2. The maximum atomic E-state index is 13.1. The molecule has 10 nitrogen and oxygen atoms in total. The fourth-order valence-corrected chi connectivity index (χ4v) is 4.24. The van der Waals surface area contributed by atoms with Gasteiger partial charge in [0.05, 0.1) is 25.6 Å². The van der Waals surface area contributed by atoms with Crippen LogP contribution in [0.2, 0.25) is 0 Å². The van der Waals surface area contributed by atoms with Gasteiger partial charge in [-0.15, -0.1) is 0 Å².